The maximum absolute atomic E-state index is 6.15. The Labute approximate surface area is 335 Å². The third-order valence-electron chi connectivity index (χ3n) is 5.72. The van der Waals surface area contributed by atoms with Crippen molar-refractivity contribution < 1.29 is 39.1 Å². The summed E-state index contributed by atoms with van der Waals surface area (Å²) in [5.41, 5.74) is 0. The van der Waals surface area contributed by atoms with Gasteiger partial charge in [-0.3, -0.25) is 0 Å². The van der Waals surface area contributed by atoms with Crippen molar-refractivity contribution in [2.45, 2.75) is 191 Å². The molecule has 0 aromatic carbocycles. The van der Waals surface area contributed by atoms with E-state index >= 15 is 0 Å². The molecule has 3 atom stereocenters. The fourth-order valence-electron chi connectivity index (χ4n) is 4.02. The molecule has 0 bridgehead atoms. The van der Waals surface area contributed by atoms with Crippen molar-refractivity contribution in [3.63, 3.8) is 0 Å². The summed E-state index contributed by atoms with van der Waals surface area (Å²) in [6, 6.07) is 0. The second kappa shape index (κ2) is 62.7. The van der Waals surface area contributed by atoms with Crippen LogP contribution in [0.4, 0.5) is 0 Å². The first-order valence-corrected chi connectivity index (χ1v) is 23.4. The zero-order valence-electron chi connectivity index (χ0n) is 38.6. The quantitative estimate of drug-likeness (QED) is 0.0431. The lowest BCUT2D eigenvalue weighted by atomic mass is 10.1. The van der Waals surface area contributed by atoms with Crippen LogP contribution in [0.3, 0.4) is 0 Å². The SMILES string of the molecule is CC.CC.CC.CC.CC.CC.CC.CCC[C@@](C)(COCCS[C@@](C)(CCC)COOOC)SCCOC[C@](C)(CCC)SCCOOOC. The van der Waals surface area contributed by atoms with Crippen molar-refractivity contribution in [2.24, 2.45) is 0 Å². The standard InChI is InChI=1S/C26H54O8S3.7C2H6/c1-9-12-24(4,21-30-16-19-36-26(6,14-11-3)23-32-34-28-8)35-18-15-29-22-25(5,13-10-2)37-20-17-31-33-27-7;7*1-2/h9-23H2,1-8H3;7*1-2H3/t24-,25-,26-;;;;;;;/m0......./s1. The molecule has 0 N–H and O–H groups in total. The minimum absolute atomic E-state index is 0.0231. The Kier molecular flexibility index (Phi) is 85.6. The maximum atomic E-state index is 6.15. The predicted molar refractivity (Wildman–Crippen MR) is 236 cm³/mol. The van der Waals surface area contributed by atoms with Gasteiger partial charge in [-0.05, 0) is 40.0 Å². The first kappa shape index (κ1) is 69.6. The molecule has 0 aromatic heterocycles. The van der Waals surface area contributed by atoms with Gasteiger partial charge in [0.25, 0.3) is 0 Å². The molecule has 0 amide bonds. The van der Waals surface area contributed by atoms with Crippen LogP contribution < -0.4 is 0 Å². The van der Waals surface area contributed by atoms with Crippen molar-refractivity contribution in [3.8, 4) is 0 Å². The first-order chi connectivity index (χ1) is 24.7. The van der Waals surface area contributed by atoms with E-state index in [1.165, 1.54) is 14.2 Å². The molecule has 0 spiro atoms. The van der Waals surface area contributed by atoms with Crippen LogP contribution in [0.2, 0.25) is 0 Å². The highest BCUT2D eigenvalue weighted by molar-refractivity contribution is 8.01. The molecule has 0 radical (unpaired) electrons. The number of ether oxygens (including phenoxy) is 2. The Morgan fingerprint density at radius 3 is 0.961 bits per heavy atom. The number of thioether (sulfide) groups is 3. The molecule has 11 heteroatoms. The Morgan fingerprint density at radius 1 is 0.392 bits per heavy atom. The van der Waals surface area contributed by atoms with Gasteiger partial charge in [0.15, 0.2) is 0 Å². The summed E-state index contributed by atoms with van der Waals surface area (Å²) in [6.45, 7) is 45.3. The number of hydrogen-bond acceptors (Lipinski definition) is 11. The monoisotopic (exact) mass is 801 g/mol. The van der Waals surface area contributed by atoms with Crippen molar-refractivity contribution in [2.75, 3.05) is 71.1 Å². The van der Waals surface area contributed by atoms with Crippen LogP contribution in [0.25, 0.3) is 0 Å². The summed E-state index contributed by atoms with van der Waals surface area (Å²) in [5, 5.41) is 9.10. The first-order valence-electron chi connectivity index (χ1n) is 20.4. The molecule has 0 rings (SSSR count). The van der Waals surface area contributed by atoms with Crippen molar-refractivity contribution in [1.82, 2.24) is 0 Å². The van der Waals surface area contributed by atoms with Crippen molar-refractivity contribution in [1.29, 1.82) is 0 Å². The third-order valence-corrected chi connectivity index (χ3v) is 9.89. The summed E-state index contributed by atoms with van der Waals surface area (Å²) in [7, 11) is 2.87. The van der Waals surface area contributed by atoms with E-state index in [-0.39, 0.29) is 14.2 Å². The molecule has 0 aromatic rings. The highest BCUT2D eigenvalue weighted by atomic mass is 32.2. The second-order valence-corrected chi connectivity index (χ2v) is 14.9. The van der Waals surface area contributed by atoms with E-state index in [0.29, 0.717) is 13.2 Å². The molecular weight excluding hydrogens is 705 g/mol. The van der Waals surface area contributed by atoms with Gasteiger partial charge in [-0.25, -0.2) is 19.6 Å². The molecule has 0 aliphatic rings. The summed E-state index contributed by atoms with van der Waals surface area (Å²) >= 11 is 5.69. The summed E-state index contributed by atoms with van der Waals surface area (Å²) < 4.78 is 12.4. The van der Waals surface area contributed by atoms with Crippen LogP contribution in [0, 0.1) is 0 Å². The average Bonchev–Trinajstić information content (AvgIpc) is 3.17. The molecule has 0 unspecified atom stereocenters. The van der Waals surface area contributed by atoms with Gasteiger partial charge in [-0.15, -0.1) is 0 Å². The van der Waals surface area contributed by atoms with Gasteiger partial charge in [0.05, 0.1) is 53.9 Å². The second-order valence-electron chi connectivity index (χ2n) is 9.80. The van der Waals surface area contributed by atoms with Gasteiger partial charge in [0, 0.05) is 31.5 Å². The Hall–Kier alpha value is 0.730. The predicted octanol–water partition coefficient (Wildman–Crippen LogP) is 14.1. The lowest BCUT2D eigenvalue weighted by Gasteiger charge is -2.31. The van der Waals surface area contributed by atoms with Gasteiger partial charge < -0.3 is 9.47 Å². The van der Waals surface area contributed by atoms with Gasteiger partial charge in [0.1, 0.15) is 0 Å². The van der Waals surface area contributed by atoms with Gasteiger partial charge in [-0.2, -0.15) is 35.3 Å². The summed E-state index contributed by atoms with van der Waals surface area (Å²) in [4.78, 5) is 19.1. The van der Waals surface area contributed by atoms with E-state index in [2.05, 4.69) is 61.4 Å². The molecule has 0 heterocycles. The average molecular weight is 801 g/mol. The van der Waals surface area contributed by atoms with Gasteiger partial charge in [0.2, 0.25) is 0 Å². The van der Waals surface area contributed by atoms with Gasteiger partial charge >= 0.3 is 0 Å². The molecule has 8 nitrogen and oxygen atoms in total. The van der Waals surface area contributed by atoms with E-state index in [9.17, 15) is 0 Å². The highest BCUT2D eigenvalue weighted by Crippen LogP contribution is 2.33. The van der Waals surface area contributed by atoms with Crippen LogP contribution in [0.1, 0.15) is 177 Å². The largest absolute Gasteiger partial charge is 0.379 e. The number of rotatable bonds is 28. The topological polar surface area (TPSA) is 73.8 Å². The Balaban J connectivity index is -0.000000195. The minimum Gasteiger partial charge on any atom is -0.379 e. The van der Waals surface area contributed by atoms with Gasteiger partial charge in [-0.1, -0.05) is 147 Å². The Bertz CT molecular complexity index is 528. The van der Waals surface area contributed by atoms with Crippen LogP contribution >= 0.6 is 35.3 Å². The van der Waals surface area contributed by atoms with Crippen molar-refractivity contribution in [3.05, 3.63) is 0 Å². The fraction of sp³-hybridized carbons (Fsp3) is 1.00. The van der Waals surface area contributed by atoms with E-state index in [1.54, 1.807) is 0 Å². The molecular formula is C40H96O8S3. The van der Waals surface area contributed by atoms with E-state index in [0.717, 1.165) is 82.2 Å². The van der Waals surface area contributed by atoms with Crippen LogP contribution in [-0.4, -0.2) is 85.4 Å². The lowest BCUT2D eigenvalue weighted by molar-refractivity contribution is -0.503. The van der Waals surface area contributed by atoms with Crippen LogP contribution in [0.5, 0.6) is 0 Å². The van der Waals surface area contributed by atoms with E-state index < -0.39 is 0 Å². The normalized spacial score (nSPS) is 13.1. The Morgan fingerprint density at radius 2 is 0.667 bits per heavy atom. The van der Waals surface area contributed by atoms with E-state index in [1.807, 2.05) is 132 Å². The zero-order chi connectivity index (χ0) is 41.9. The minimum atomic E-state index is -0.0231. The summed E-state index contributed by atoms with van der Waals surface area (Å²) in [5.74, 6) is 2.70. The zero-order valence-corrected chi connectivity index (χ0v) is 41.0. The molecule has 0 fully saturated rings. The maximum Gasteiger partial charge on any atom is 0.0997 e. The third kappa shape index (κ3) is 55.2. The lowest BCUT2D eigenvalue weighted by Crippen LogP contribution is -2.31. The molecule has 0 saturated carbocycles. The number of hydrogen-bond donors (Lipinski definition) is 0. The molecule has 0 aliphatic carbocycles. The smallest absolute Gasteiger partial charge is 0.0997 e. The molecule has 0 saturated heterocycles. The molecule has 51 heavy (non-hydrogen) atoms. The molecule has 0 aliphatic heterocycles. The fourth-order valence-corrected chi connectivity index (χ4v) is 7.56. The van der Waals surface area contributed by atoms with Crippen LogP contribution in [0.15, 0.2) is 0 Å². The molecule has 322 valence electrons. The van der Waals surface area contributed by atoms with E-state index in [4.69, 9.17) is 19.2 Å². The van der Waals surface area contributed by atoms with Crippen LogP contribution in [-0.2, 0) is 39.1 Å². The summed E-state index contributed by atoms with van der Waals surface area (Å²) in [6.07, 6.45) is 6.59. The van der Waals surface area contributed by atoms with Crippen molar-refractivity contribution >= 4 is 35.3 Å². The highest BCUT2D eigenvalue weighted by Gasteiger charge is 2.28.